The van der Waals surface area contributed by atoms with Gasteiger partial charge in [-0.25, -0.2) is 0 Å². The van der Waals surface area contributed by atoms with Gasteiger partial charge in [-0.1, -0.05) is 0 Å². The van der Waals surface area contributed by atoms with Crippen molar-refractivity contribution < 1.29 is 14.6 Å². The highest BCUT2D eigenvalue weighted by atomic mass is 16.6. The van der Waals surface area contributed by atoms with E-state index in [4.69, 9.17) is 0 Å². The van der Waals surface area contributed by atoms with Gasteiger partial charge in [-0.2, -0.15) is 0 Å². The first-order chi connectivity index (χ1) is 7.45. The minimum Gasteiger partial charge on any atom is -0.355 e. The number of nitrogens with one attached hydrogen (secondary N) is 1. The summed E-state index contributed by atoms with van der Waals surface area (Å²) in [7, 11) is 1.33. The summed E-state index contributed by atoms with van der Waals surface area (Å²) in [6.45, 7) is 0. The monoisotopic (exact) mass is 225 g/mol. The van der Waals surface area contributed by atoms with Gasteiger partial charge in [0.15, 0.2) is 0 Å². The molecule has 0 aliphatic carbocycles. The second-order valence-corrected chi connectivity index (χ2v) is 2.83. The standard InChI is InChI=1S/C8H7N3O5/c1-9-8(12)5-2-6(10(13)14)4-7(3-5)11(15)16/h2-4H,1H3,(H,9,12). The van der Waals surface area contributed by atoms with Crippen LogP contribution < -0.4 is 5.32 Å². The summed E-state index contributed by atoms with van der Waals surface area (Å²) in [5.41, 5.74) is -1.11. The molecule has 0 radical (unpaired) electrons. The molecule has 0 fully saturated rings. The van der Waals surface area contributed by atoms with E-state index in [1.807, 2.05) is 0 Å². The number of amides is 1. The van der Waals surface area contributed by atoms with Crippen LogP contribution in [0.5, 0.6) is 0 Å². The van der Waals surface area contributed by atoms with Crippen molar-refractivity contribution in [2.45, 2.75) is 0 Å². The number of carbonyl (C=O) groups excluding carboxylic acids is 1. The first-order valence-corrected chi connectivity index (χ1v) is 4.11. The van der Waals surface area contributed by atoms with Crippen LogP contribution in [0.3, 0.4) is 0 Å². The molecule has 0 spiro atoms. The summed E-state index contributed by atoms with van der Waals surface area (Å²) < 4.78 is 0. The molecule has 8 nitrogen and oxygen atoms in total. The lowest BCUT2D eigenvalue weighted by molar-refractivity contribution is -0.394. The highest BCUT2D eigenvalue weighted by Crippen LogP contribution is 2.22. The Morgan fingerprint density at radius 3 is 1.88 bits per heavy atom. The van der Waals surface area contributed by atoms with E-state index in [9.17, 15) is 25.0 Å². The number of nitro benzene ring substituents is 2. The number of hydrogen-bond donors (Lipinski definition) is 1. The van der Waals surface area contributed by atoms with Gasteiger partial charge in [0, 0.05) is 19.2 Å². The maximum absolute atomic E-state index is 11.2. The Hall–Kier alpha value is -2.51. The van der Waals surface area contributed by atoms with Crippen molar-refractivity contribution in [2.75, 3.05) is 7.05 Å². The average Bonchev–Trinajstić information content (AvgIpc) is 2.27. The third kappa shape index (κ3) is 2.29. The number of carbonyl (C=O) groups is 1. The lowest BCUT2D eigenvalue weighted by Crippen LogP contribution is -2.18. The van der Waals surface area contributed by atoms with Crippen LogP contribution in [-0.2, 0) is 0 Å². The van der Waals surface area contributed by atoms with E-state index in [2.05, 4.69) is 5.32 Å². The molecule has 8 heteroatoms. The predicted molar refractivity (Wildman–Crippen MR) is 53.1 cm³/mol. The summed E-state index contributed by atoms with van der Waals surface area (Å²) in [4.78, 5) is 30.6. The van der Waals surface area contributed by atoms with Crippen molar-refractivity contribution in [3.05, 3.63) is 44.0 Å². The molecule has 1 N–H and O–H groups in total. The van der Waals surface area contributed by atoms with Crippen molar-refractivity contribution in [3.8, 4) is 0 Å². The second-order valence-electron chi connectivity index (χ2n) is 2.83. The molecular formula is C8H7N3O5. The van der Waals surface area contributed by atoms with Crippen LogP contribution in [0, 0.1) is 20.2 Å². The van der Waals surface area contributed by atoms with Gasteiger partial charge in [0.2, 0.25) is 0 Å². The minimum atomic E-state index is -0.792. The molecule has 0 heterocycles. The SMILES string of the molecule is CNC(=O)c1cc([N+](=O)[O-])cc([N+](=O)[O-])c1. The van der Waals surface area contributed by atoms with Crippen LogP contribution >= 0.6 is 0 Å². The summed E-state index contributed by atoms with van der Waals surface area (Å²) in [6, 6.07) is 2.75. The minimum absolute atomic E-state index is 0.122. The van der Waals surface area contributed by atoms with Gasteiger partial charge in [0.05, 0.1) is 21.5 Å². The Morgan fingerprint density at radius 1 is 1.12 bits per heavy atom. The van der Waals surface area contributed by atoms with Gasteiger partial charge in [-0.15, -0.1) is 0 Å². The van der Waals surface area contributed by atoms with Crippen molar-refractivity contribution in [3.63, 3.8) is 0 Å². The lowest BCUT2D eigenvalue weighted by Gasteiger charge is -1.99. The van der Waals surface area contributed by atoms with Crippen LogP contribution in [0.4, 0.5) is 11.4 Å². The molecule has 0 saturated carbocycles. The first kappa shape index (κ1) is 11.6. The predicted octanol–water partition coefficient (Wildman–Crippen LogP) is 0.863. The highest BCUT2D eigenvalue weighted by Gasteiger charge is 2.18. The molecule has 1 aromatic carbocycles. The molecule has 0 aliphatic rings. The zero-order valence-corrected chi connectivity index (χ0v) is 8.17. The maximum Gasteiger partial charge on any atom is 0.277 e. The van der Waals surface area contributed by atoms with Gasteiger partial charge < -0.3 is 5.32 Å². The van der Waals surface area contributed by atoms with Crippen LogP contribution in [0.1, 0.15) is 10.4 Å². The van der Waals surface area contributed by atoms with E-state index in [0.717, 1.165) is 18.2 Å². The summed E-state index contributed by atoms with van der Waals surface area (Å²) >= 11 is 0. The van der Waals surface area contributed by atoms with Gasteiger partial charge in [0.25, 0.3) is 17.3 Å². The van der Waals surface area contributed by atoms with Crippen LogP contribution in [0.2, 0.25) is 0 Å². The first-order valence-electron chi connectivity index (χ1n) is 4.11. The van der Waals surface area contributed by atoms with Gasteiger partial charge in [-0.3, -0.25) is 25.0 Å². The number of nitrogens with zero attached hydrogens (tertiary/aromatic N) is 2. The number of nitro groups is 2. The Balaban J connectivity index is 3.35. The van der Waals surface area contributed by atoms with Crippen LogP contribution in [0.25, 0.3) is 0 Å². The number of rotatable bonds is 3. The normalized spacial score (nSPS) is 9.56. The van der Waals surface area contributed by atoms with Gasteiger partial charge in [0.1, 0.15) is 0 Å². The molecule has 84 valence electrons. The fraction of sp³-hybridized carbons (Fsp3) is 0.125. The van der Waals surface area contributed by atoms with Gasteiger partial charge in [-0.05, 0) is 0 Å². The van der Waals surface area contributed by atoms with E-state index >= 15 is 0 Å². The van der Waals surface area contributed by atoms with Crippen LogP contribution in [0.15, 0.2) is 18.2 Å². The van der Waals surface area contributed by atoms with Gasteiger partial charge >= 0.3 is 0 Å². The fourth-order valence-electron chi connectivity index (χ4n) is 1.08. The summed E-state index contributed by atoms with van der Waals surface area (Å²) in [6.07, 6.45) is 0. The number of hydrogen-bond acceptors (Lipinski definition) is 5. The molecule has 0 aliphatic heterocycles. The smallest absolute Gasteiger partial charge is 0.277 e. The quantitative estimate of drug-likeness (QED) is 0.605. The molecule has 0 atom stereocenters. The average molecular weight is 225 g/mol. The fourth-order valence-corrected chi connectivity index (χ4v) is 1.08. The largest absolute Gasteiger partial charge is 0.355 e. The molecule has 0 unspecified atom stereocenters. The Morgan fingerprint density at radius 2 is 1.56 bits per heavy atom. The van der Waals surface area contributed by atoms with Crippen molar-refractivity contribution in [2.24, 2.45) is 0 Å². The van der Waals surface area contributed by atoms with E-state index in [0.29, 0.717) is 0 Å². The summed E-state index contributed by atoms with van der Waals surface area (Å²) in [5, 5.41) is 23.2. The molecule has 0 saturated heterocycles. The zero-order valence-electron chi connectivity index (χ0n) is 8.17. The molecule has 1 aromatic rings. The number of benzene rings is 1. The maximum atomic E-state index is 11.2. The topological polar surface area (TPSA) is 115 Å². The number of non-ortho nitro benzene ring substituents is 2. The molecule has 1 amide bonds. The van der Waals surface area contributed by atoms with E-state index in [1.54, 1.807) is 0 Å². The highest BCUT2D eigenvalue weighted by molar-refractivity contribution is 5.95. The van der Waals surface area contributed by atoms with E-state index in [1.165, 1.54) is 7.05 Å². The third-order valence-corrected chi connectivity index (χ3v) is 1.81. The zero-order chi connectivity index (χ0) is 12.3. The second kappa shape index (κ2) is 4.34. The van der Waals surface area contributed by atoms with Crippen molar-refractivity contribution in [1.29, 1.82) is 0 Å². The summed E-state index contributed by atoms with van der Waals surface area (Å²) in [5.74, 6) is -0.619. The molecule has 0 bridgehead atoms. The molecular weight excluding hydrogens is 218 g/mol. The Labute approximate surface area is 89.2 Å². The Kier molecular flexibility index (Phi) is 3.14. The van der Waals surface area contributed by atoms with E-state index in [-0.39, 0.29) is 5.56 Å². The van der Waals surface area contributed by atoms with Crippen LogP contribution in [-0.4, -0.2) is 22.8 Å². The Bertz CT molecular complexity index is 438. The van der Waals surface area contributed by atoms with E-state index < -0.39 is 27.1 Å². The lowest BCUT2D eigenvalue weighted by atomic mass is 10.1. The molecule has 0 aromatic heterocycles. The van der Waals surface area contributed by atoms with Crippen molar-refractivity contribution in [1.82, 2.24) is 5.32 Å². The van der Waals surface area contributed by atoms with Crippen molar-refractivity contribution >= 4 is 17.3 Å². The molecule has 1 rings (SSSR count). The molecule has 16 heavy (non-hydrogen) atoms. The third-order valence-electron chi connectivity index (χ3n) is 1.81.